The third-order valence-corrected chi connectivity index (χ3v) is 5.54. The molecule has 0 amide bonds. The first-order chi connectivity index (χ1) is 14.7. The number of halogens is 1. The summed E-state index contributed by atoms with van der Waals surface area (Å²) in [5.41, 5.74) is 3.66. The predicted molar refractivity (Wildman–Crippen MR) is 120 cm³/mol. The molecule has 0 aliphatic carbocycles. The van der Waals surface area contributed by atoms with Crippen molar-refractivity contribution < 1.29 is 13.9 Å². The molecule has 1 heterocycles. The molecule has 4 aromatic rings. The Hall–Kier alpha value is -3.51. The summed E-state index contributed by atoms with van der Waals surface area (Å²) in [4.78, 5) is 10.3. The Bertz CT molecular complexity index is 1090. The molecule has 0 aliphatic rings. The summed E-state index contributed by atoms with van der Waals surface area (Å²) >= 11 is 1.50. The molecule has 0 spiro atoms. The van der Waals surface area contributed by atoms with E-state index in [1.54, 1.807) is 32.6 Å². The molecule has 30 heavy (non-hydrogen) atoms. The van der Waals surface area contributed by atoms with Gasteiger partial charge in [-0.3, -0.25) is 0 Å². The summed E-state index contributed by atoms with van der Waals surface area (Å²) in [6, 6.07) is 21.8. The second-order valence-corrected chi connectivity index (χ2v) is 7.42. The van der Waals surface area contributed by atoms with Gasteiger partial charge in [-0.15, -0.1) is 0 Å². The average molecular weight is 418 g/mol. The van der Waals surface area contributed by atoms with E-state index in [2.05, 4.69) is 4.99 Å². The van der Waals surface area contributed by atoms with Crippen LogP contribution in [-0.4, -0.2) is 25.4 Å². The normalized spacial score (nSPS) is 11.0. The largest absolute Gasteiger partial charge is 0.497 e. The molecular weight excluding hydrogens is 399 g/mol. The van der Waals surface area contributed by atoms with E-state index in [9.17, 15) is 4.39 Å². The molecule has 4 nitrogen and oxygen atoms in total. The van der Waals surface area contributed by atoms with Crippen LogP contribution in [0.2, 0.25) is 0 Å². The lowest BCUT2D eigenvalue weighted by Gasteiger charge is -2.05. The van der Waals surface area contributed by atoms with Gasteiger partial charge in [0, 0.05) is 11.8 Å². The van der Waals surface area contributed by atoms with Crippen LogP contribution in [0.5, 0.6) is 11.5 Å². The molecule has 6 heteroatoms. The van der Waals surface area contributed by atoms with Crippen LogP contribution in [0.4, 0.5) is 9.52 Å². The van der Waals surface area contributed by atoms with Crippen LogP contribution in [0.25, 0.3) is 21.7 Å². The summed E-state index contributed by atoms with van der Waals surface area (Å²) in [5, 5.41) is 0.621. The molecule has 0 radical (unpaired) electrons. The molecule has 150 valence electrons. The van der Waals surface area contributed by atoms with Crippen molar-refractivity contribution >= 4 is 22.7 Å². The highest BCUT2D eigenvalue weighted by molar-refractivity contribution is 7.19. The van der Waals surface area contributed by atoms with Gasteiger partial charge in [0.25, 0.3) is 0 Å². The molecule has 0 saturated carbocycles. The van der Waals surface area contributed by atoms with Crippen molar-refractivity contribution in [2.75, 3.05) is 14.2 Å². The van der Waals surface area contributed by atoms with E-state index in [1.807, 2.05) is 48.5 Å². The fourth-order valence-electron chi connectivity index (χ4n) is 2.93. The van der Waals surface area contributed by atoms with E-state index in [4.69, 9.17) is 14.5 Å². The molecule has 3 aromatic carbocycles. The monoisotopic (exact) mass is 418 g/mol. The highest BCUT2D eigenvalue weighted by Crippen LogP contribution is 2.40. The second-order valence-electron chi connectivity index (χ2n) is 6.44. The zero-order valence-electron chi connectivity index (χ0n) is 16.5. The highest BCUT2D eigenvalue weighted by Gasteiger charge is 2.15. The summed E-state index contributed by atoms with van der Waals surface area (Å²) in [7, 11) is 3.29. The van der Waals surface area contributed by atoms with Gasteiger partial charge < -0.3 is 9.47 Å². The first-order valence-corrected chi connectivity index (χ1v) is 10.1. The quantitative estimate of drug-likeness (QED) is 0.341. The number of nitrogens with zero attached hydrogens (tertiary/aromatic N) is 2. The molecule has 0 N–H and O–H groups in total. The van der Waals surface area contributed by atoms with Gasteiger partial charge in [0.05, 0.1) is 24.8 Å². The molecule has 4 rings (SSSR count). The van der Waals surface area contributed by atoms with Gasteiger partial charge in [-0.05, 0) is 71.8 Å². The number of aliphatic imine (C=N–C) groups is 1. The van der Waals surface area contributed by atoms with Crippen molar-refractivity contribution in [3.63, 3.8) is 0 Å². The standard InChI is InChI=1S/C24H19FN2O2S/c1-28-20-11-5-17(6-12-20)22-23(18-7-13-21(29-2)14-8-18)30-24(27-22)26-15-16-3-9-19(25)10-4-16/h3-15H,1-2H3. The predicted octanol–water partition coefficient (Wildman–Crippen LogP) is 6.38. The maximum Gasteiger partial charge on any atom is 0.210 e. The second kappa shape index (κ2) is 8.88. The summed E-state index contributed by atoms with van der Waals surface area (Å²) in [5.74, 6) is 1.31. The van der Waals surface area contributed by atoms with Crippen molar-refractivity contribution in [2.24, 2.45) is 4.99 Å². The fourth-order valence-corrected chi connectivity index (χ4v) is 3.86. The Balaban J connectivity index is 1.74. The van der Waals surface area contributed by atoms with E-state index in [-0.39, 0.29) is 5.82 Å². The van der Waals surface area contributed by atoms with Crippen LogP contribution in [0.1, 0.15) is 5.56 Å². The number of hydrogen-bond acceptors (Lipinski definition) is 5. The van der Waals surface area contributed by atoms with Crippen molar-refractivity contribution in [1.82, 2.24) is 4.98 Å². The van der Waals surface area contributed by atoms with Crippen LogP contribution >= 0.6 is 11.3 Å². The van der Waals surface area contributed by atoms with Gasteiger partial charge in [0.15, 0.2) is 0 Å². The maximum absolute atomic E-state index is 13.1. The molecule has 0 fully saturated rings. The van der Waals surface area contributed by atoms with Gasteiger partial charge in [0.1, 0.15) is 17.3 Å². The summed E-state index contributed by atoms with van der Waals surface area (Å²) in [6.45, 7) is 0. The van der Waals surface area contributed by atoms with E-state index >= 15 is 0 Å². The number of thiazole rings is 1. The van der Waals surface area contributed by atoms with Crippen LogP contribution < -0.4 is 9.47 Å². The third kappa shape index (κ3) is 4.39. The Kier molecular flexibility index (Phi) is 5.86. The smallest absolute Gasteiger partial charge is 0.210 e. The molecule has 0 atom stereocenters. The zero-order chi connectivity index (χ0) is 20.9. The molecule has 0 bridgehead atoms. The molecule has 0 aliphatic heterocycles. The Morgan fingerprint density at radius 2 is 1.37 bits per heavy atom. The lowest BCUT2D eigenvalue weighted by Crippen LogP contribution is -1.86. The van der Waals surface area contributed by atoms with Crippen LogP contribution in [0.15, 0.2) is 77.8 Å². The van der Waals surface area contributed by atoms with Crippen molar-refractivity contribution in [2.45, 2.75) is 0 Å². The topological polar surface area (TPSA) is 43.7 Å². The zero-order valence-corrected chi connectivity index (χ0v) is 17.3. The molecule has 0 saturated heterocycles. The van der Waals surface area contributed by atoms with Crippen molar-refractivity contribution in [3.05, 3.63) is 84.2 Å². The van der Waals surface area contributed by atoms with E-state index in [0.29, 0.717) is 5.13 Å². The lowest BCUT2D eigenvalue weighted by atomic mass is 10.1. The number of benzene rings is 3. The SMILES string of the molecule is COc1ccc(-c2nc(N=Cc3ccc(F)cc3)sc2-c2ccc(OC)cc2)cc1. The first kappa shape index (κ1) is 19.8. The minimum Gasteiger partial charge on any atom is -0.497 e. The highest BCUT2D eigenvalue weighted by atomic mass is 32.1. The number of methoxy groups -OCH3 is 2. The summed E-state index contributed by atoms with van der Waals surface area (Å²) < 4.78 is 23.7. The van der Waals surface area contributed by atoms with Crippen molar-refractivity contribution in [1.29, 1.82) is 0 Å². The van der Waals surface area contributed by atoms with E-state index in [1.165, 1.54) is 23.5 Å². The molecule has 1 aromatic heterocycles. The average Bonchev–Trinajstić information content (AvgIpc) is 3.23. The van der Waals surface area contributed by atoms with Gasteiger partial charge in [-0.25, -0.2) is 14.4 Å². The maximum atomic E-state index is 13.1. The minimum atomic E-state index is -0.273. The van der Waals surface area contributed by atoms with E-state index in [0.717, 1.165) is 38.8 Å². The fraction of sp³-hybridized carbons (Fsp3) is 0.0833. The van der Waals surface area contributed by atoms with Gasteiger partial charge in [0.2, 0.25) is 5.13 Å². The number of rotatable bonds is 6. The van der Waals surface area contributed by atoms with Crippen LogP contribution in [-0.2, 0) is 0 Å². The van der Waals surface area contributed by atoms with Gasteiger partial charge in [-0.1, -0.05) is 23.5 Å². The molecule has 0 unspecified atom stereocenters. The Morgan fingerprint density at radius 1 is 0.800 bits per heavy atom. The molecular formula is C24H19FN2O2S. The van der Waals surface area contributed by atoms with Gasteiger partial charge >= 0.3 is 0 Å². The first-order valence-electron chi connectivity index (χ1n) is 9.25. The van der Waals surface area contributed by atoms with Crippen molar-refractivity contribution in [3.8, 4) is 33.2 Å². The Labute approximate surface area is 178 Å². The van der Waals surface area contributed by atoms with Crippen LogP contribution in [0.3, 0.4) is 0 Å². The van der Waals surface area contributed by atoms with Gasteiger partial charge in [-0.2, -0.15) is 0 Å². The van der Waals surface area contributed by atoms with E-state index < -0.39 is 0 Å². The number of hydrogen-bond donors (Lipinski definition) is 0. The minimum absolute atomic E-state index is 0.273. The number of ether oxygens (including phenoxy) is 2. The van der Waals surface area contributed by atoms with Crippen LogP contribution in [0, 0.1) is 5.82 Å². The third-order valence-electron chi connectivity index (χ3n) is 4.53. The Morgan fingerprint density at radius 3 is 1.93 bits per heavy atom. The lowest BCUT2D eigenvalue weighted by molar-refractivity contribution is 0.414. The number of aromatic nitrogens is 1. The summed E-state index contributed by atoms with van der Waals surface area (Å²) in [6.07, 6.45) is 1.69.